The van der Waals surface area contributed by atoms with Gasteiger partial charge in [-0.2, -0.15) is 0 Å². The Balaban J connectivity index is 2.74. The molecular formula is C8H7BrN4. The fraction of sp³-hybridized carbons (Fsp3) is 0.125. The van der Waals surface area contributed by atoms with Crippen molar-refractivity contribution in [3.63, 3.8) is 0 Å². The van der Waals surface area contributed by atoms with E-state index >= 15 is 0 Å². The second kappa shape index (κ2) is 3.35. The fourth-order valence-electron chi connectivity index (χ4n) is 1.04. The molecule has 5 heteroatoms. The van der Waals surface area contributed by atoms with Crippen molar-refractivity contribution in [3.8, 4) is 0 Å². The number of benzene rings is 1. The van der Waals surface area contributed by atoms with E-state index in [0.29, 0.717) is 12.4 Å². The summed E-state index contributed by atoms with van der Waals surface area (Å²) in [6.07, 6.45) is 0. The summed E-state index contributed by atoms with van der Waals surface area (Å²) in [5.74, 6) is 0.555. The van der Waals surface area contributed by atoms with Crippen LogP contribution in [0.1, 0.15) is 5.82 Å². The fourth-order valence-corrected chi connectivity index (χ4v) is 1.49. The highest BCUT2D eigenvalue weighted by Gasteiger charge is 2.02. The summed E-state index contributed by atoms with van der Waals surface area (Å²) in [6, 6.07) is 5.67. The van der Waals surface area contributed by atoms with Gasteiger partial charge in [0.2, 0.25) is 0 Å². The Bertz CT molecular complexity index is 443. The van der Waals surface area contributed by atoms with E-state index in [2.05, 4.69) is 31.1 Å². The maximum absolute atomic E-state index is 5.41. The number of hydrogen-bond acceptors (Lipinski definition) is 4. The van der Waals surface area contributed by atoms with Crippen LogP contribution in [0, 0.1) is 0 Å². The van der Waals surface area contributed by atoms with E-state index in [1.807, 2.05) is 18.2 Å². The first-order valence-electron chi connectivity index (χ1n) is 3.79. The van der Waals surface area contributed by atoms with Gasteiger partial charge < -0.3 is 5.73 Å². The van der Waals surface area contributed by atoms with E-state index in [1.165, 1.54) is 0 Å². The number of hydrogen-bond donors (Lipinski definition) is 1. The molecule has 0 aliphatic rings. The first kappa shape index (κ1) is 8.52. The van der Waals surface area contributed by atoms with Gasteiger partial charge in [-0.15, -0.1) is 10.2 Å². The predicted octanol–water partition coefficient (Wildman–Crippen LogP) is 1.25. The lowest BCUT2D eigenvalue weighted by Crippen LogP contribution is -2.04. The largest absolute Gasteiger partial charge is 0.324 e. The second-order valence-corrected chi connectivity index (χ2v) is 3.39. The Morgan fingerprint density at radius 3 is 2.92 bits per heavy atom. The molecule has 2 N–H and O–H groups in total. The van der Waals surface area contributed by atoms with E-state index < -0.39 is 0 Å². The van der Waals surface area contributed by atoms with Crippen LogP contribution in [0.15, 0.2) is 22.7 Å². The smallest absolute Gasteiger partial charge is 0.165 e. The molecule has 0 aliphatic carbocycles. The third-order valence-corrected chi connectivity index (χ3v) is 2.30. The number of nitrogens with zero attached hydrogens (tertiary/aromatic N) is 3. The minimum atomic E-state index is 0.310. The van der Waals surface area contributed by atoms with Crippen molar-refractivity contribution in [3.05, 3.63) is 28.5 Å². The first-order chi connectivity index (χ1) is 6.31. The van der Waals surface area contributed by atoms with Gasteiger partial charge in [-0.1, -0.05) is 6.07 Å². The van der Waals surface area contributed by atoms with Crippen LogP contribution in [0.3, 0.4) is 0 Å². The molecule has 0 unspecified atom stereocenters. The average Bonchev–Trinajstić information content (AvgIpc) is 2.18. The lowest BCUT2D eigenvalue weighted by molar-refractivity contribution is 0.859. The summed E-state index contributed by atoms with van der Waals surface area (Å²) < 4.78 is 0.912. The van der Waals surface area contributed by atoms with Gasteiger partial charge in [0, 0.05) is 4.47 Å². The lowest BCUT2D eigenvalue weighted by Gasteiger charge is -1.99. The minimum Gasteiger partial charge on any atom is -0.324 e. The molecule has 1 aromatic heterocycles. The lowest BCUT2D eigenvalue weighted by atomic mass is 10.3. The molecule has 1 heterocycles. The normalized spacial score (nSPS) is 10.6. The minimum absolute atomic E-state index is 0.310. The zero-order chi connectivity index (χ0) is 9.26. The van der Waals surface area contributed by atoms with E-state index in [0.717, 1.165) is 15.5 Å². The van der Waals surface area contributed by atoms with Crippen molar-refractivity contribution in [2.45, 2.75) is 6.54 Å². The number of aromatic nitrogens is 3. The number of nitrogens with two attached hydrogens (primary N) is 1. The van der Waals surface area contributed by atoms with Crippen molar-refractivity contribution < 1.29 is 0 Å². The monoisotopic (exact) mass is 238 g/mol. The summed E-state index contributed by atoms with van der Waals surface area (Å²) >= 11 is 3.39. The number of rotatable bonds is 1. The Morgan fingerprint density at radius 2 is 2.15 bits per heavy atom. The molecule has 0 radical (unpaired) electrons. The summed E-state index contributed by atoms with van der Waals surface area (Å²) in [7, 11) is 0. The molecule has 0 spiro atoms. The van der Waals surface area contributed by atoms with Gasteiger partial charge in [0.05, 0.1) is 6.54 Å². The van der Waals surface area contributed by atoms with E-state index in [4.69, 9.17) is 5.73 Å². The molecule has 0 saturated heterocycles. The number of fused-ring (bicyclic) bond motifs is 1. The molecule has 0 amide bonds. The summed E-state index contributed by atoms with van der Waals surface area (Å²) in [5.41, 5.74) is 6.98. The Morgan fingerprint density at radius 1 is 1.31 bits per heavy atom. The van der Waals surface area contributed by atoms with Gasteiger partial charge in [-0.3, -0.25) is 0 Å². The van der Waals surface area contributed by atoms with Crippen molar-refractivity contribution in [2.24, 2.45) is 5.73 Å². The topological polar surface area (TPSA) is 64.7 Å². The highest BCUT2D eigenvalue weighted by Crippen LogP contribution is 2.19. The summed E-state index contributed by atoms with van der Waals surface area (Å²) in [4.78, 5) is 4.25. The number of para-hydroxylation sites is 1. The Hall–Kier alpha value is -1.07. The molecule has 0 bridgehead atoms. The van der Waals surface area contributed by atoms with E-state index in [9.17, 15) is 0 Å². The zero-order valence-electron chi connectivity index (χ0n) is 6.74. The van der Waals surface area contributed by atoms with Crippen molar-refractivity contribution in [1.29, 1.82) is 0 Å². The van der Waals surface area contributed by atoms with Crippen LogP contribution in [-0.2, 0) is 6.54 Å². The molecule has 1 aromatic carbocycles. The summed E-state index contributed by atoms with van der Waals surface area (Å²) in [6.45, 7) is 0.310. The molecule has 66 valence electrons. The van der Waals surface area contributed by atoms with Gasteiger partial charge in [0.1, 0.15) is 11.0 Å². The van der Waals surface area contributed by atoms with E-state index in [1.54, 1.807) is 0 Å². The Labute approximate surface area is 83.3 Å². The highest BCUT2D eigenvalue weighted by molar-refractivity contribution is 9.10. The van der Waals surface area contributed by atoms with Crippen molar-refractivity contribution in [2.75, 3.05) is 0 Å². The quantitative estimate of drug-likeness (QED) is 0.813. The number of halogens is 1. The van der Waals surface area contributed by atoms with Crippen LogP contribution in [0.25, 0.3) is 11.0 Å². The van der Waals surface area contributed by atoms with Gasteiger partial charge in [-0.05, 0) is 28.1 Å². The molecule has 2 aromatic rings. The molecule has 0 saturated carbocycles. The molecule has 13 heavy (non-hydrogen) atoms. The Kier molecular flexibility index (Phi) is 2.20. The predicted molar refractivity (Wildman–Crippen MR) is 52.9 cm³/mol. The van der Waals surface area contributed by atoms with Crippen LogP contribution in [-0.4, -0.2) is 15.2 Å². The maximum atomic E-state index is 5.41. The molecular weight excluding hydrogens is 232 g/mol. The molecule has 0 aliphatic heterocycles. The van der Waals surface area contributed by atoms with Gasteiger partial charge >= 0.3 is 0 Å². The van der Waals surface area contributed by atoms with Crippen molar-refractivity contribution in [1.82, 2.24) is 15.2 Å². The average molecular weight is 239 g/mol. The highest BCUT2D eigenvalue weighted by atomic mass is 79.9. The maximum Gasteiger partial charge on any atom is 0.165 e. The summed E-state index contributed by atoms with van der Waals surface area (Å²) in [5, 5.41) is 7.85. The first-order valence-corrected chi connectivity index (χ1v) is 4.58. The van der Waals surface area contributed by atoms with E-state index in [-0.39, 0.29) is 0 Å². The standard InChI is InChI=1S/C8H7BrN4/c9-5-2-1-3-6-8(5)11-7(4-10)13-12-6/h1-3H,4,10H2. The zero-order valence-corrected chi connectivity index (χ0v) is 8.32. The van der Waals surface area contributed by atoms with Crippen molar-refractivity contribution >= 4 is 27.0 Å². The third-order valence-electron chi connectivity index (χ3n) is 1.66. The van der Waals surface area contributed by atoms with Crippen LogP contribution in [0.2, 0.25) is 0 Å². The van der Waals surface area contributed by atoms with Gasteiger partial charge in [-0.25, -0.2) is 4.98 Å². The van der Waals surface area contributed by atoms with Crippen LogP contribution < -0.4 is 5.73 Å². The SMILES string of the molecule is NCc1nnc2cccc(Br)c2n1. The second-order valence-electron chi connectivity index (χ2n) is 2.54. The molecule has 4 nitrogen and oxygen atoms in total. The van der Waals surface area contributed by atoms with Crippen LogP contribution in [0.5, 0.6) is 0 Å². The van der Waals surface area contributed by atoms with Crippen LogP contribution >= 0.6 is 15.9 Å². The molecule has 2 rings (SSSR count). The van der Waals surface area contributed by atoms with Gasteiger partial charge in [0.15, 0.2) is 5.82 Å². The third kappa shape index (κ3) is 1.52. The molecule has 0 fully saturated rings. The molecule has 0 atom stereocenters. The van der Waals surface area contributed by atoms with Crippen LogP contribution in [0.4, 0.5) is 0 Å². The van der Waals surface area contributed by atoms with Gasteiger partial charge in [0.25, 0.3) is 0 Å².